The van der Waals surface area contributed by atoms with Crippen LogP contribution < -0.4 is 38.1 Å². The van der Waals surface area contributed by atoms with Gasteiger partial charge in [0.15, 0.2) is 5.96 Å². The van der Waals surface area contributed by atoms with Gasteiger partial charge in [-0.3, -0.25) is 33.8 Å². The van der Waals surface area contributed by atoms with Crippen molar-refractivity contribution < 1.29 is 33.9 Å². The fourth-order valence-corrected chi connectivity index (χ4v) is 3.71. The van der Waals surface area contributed by atoms with Gasteiger partial charge in [0.1, 0.15) is 12.1 Å². The molecule has 0 bridgehead atoms. The first-order valence-electron chi connectivity index (χ1n) is 12.3. The number of carboxylic acids is 1. The second kappa shape index (κ2) is 15.5. The summed E-state index contributed by atoms with van der Waals surface area (Å²) in [6.07, 6.45) is 0.106. The van der Waals surface area contributed by atoms with Crippen molar-refractivity contribution in [2.75, 3.05) is 19.6 Å². The zero-order chi connectivity index (χ0) is 28.8. The van der Waals surface area contributed by atoms with Crippen LogP contribution in [0.25, 0.3) is 0 Å². The van der Waals surface area contributed by atoms with E-state index in [2.05, 4.69) is 31.6 Å². The molecule has 1 aliphatic heterocycles. The summed E-state index contributed by atoms with van der Waals surface area (Å²) in [5.41, 5.74) is 11.4. The molecule has 1 unspecified atom stereocenters. The lowest BCUT2D eigenvalue weighted by atomic mass is 10.1. The monoisotopic (exact) mass is 546 g/mol. The van der Waals surface area contributed by atoms with Gasteiger partial charge >= 0.3 is 5.97 Å². The Morgan fingerprint density at radius 1 is 0.923 bits per heavy atom. The first-order valence-corrected chi connectivity index (χ1v) is 12.3. The second-order valence-corrected chi connectivity index (χ2v) is 8.74. The Morgan fingerprint density at radius 3 is 2.31 bits per heavy atom. The highest BCUT2D eigenvalue weighted by Crippen LogP contribution is 2.09. The van der Waals surface area contributed by atoms with Crippen molar-refractivity contribution in [1.82, 2.24) is 26.6 Å². The average Bonchev–Trinajstić information content (AvgIpc) is 2.88. The van der Waals surface area contributed by atoms with Gasteiger partial charge in [-0.2, -0.15) is 0 Å². The van der Waals surface area contributed by atoms with Crippen LogP contribution in [0.4, 0.5) is 0 Å². The molecule has 1 heterocycles. The first kappa shape index (κ1) is 30.5. The SMILES string of the molecule is NC(N)=NCCCC1NC(=O)CCCNC(=O)c2ccccc2CNC(=O)[C@@H](CC(=O)O)NC(=O)CNC1=O. The van der Waals surface area contributed by atoms with E-state index in [1.165, 1.54) is 0 Å². The minimum Gasteiger partial charge on any atom is -0.481 e. The molecule has 0 fully saturated rings. The molecule has 39 heavy (non-hydrogen) atoms. The molecule has 2 atom stereocenters. The summed E-state index contributed by atoms with van der Waals surface area (Å²) < 4.78 is 0. The fourth-order valence-electron chi connectivity index (χ4n) is 3.71. The minimum atomic E-state index is -1.44. The molecule has 1 aromatic rings. The fraction of sp³-hybridized carbons (Fsp3) is 0.458. The summed E-state index contributed by atoms with van der Waals surface area (Å²) in [7, 11) is 0. The summed E-state index contributed by atoms with van der Waals surface area (Å²) in [6.45, 7) is -0.284. The van der Waals surface area contributed by atoms with E-state index in [-0.39, 0.29) is 50.4 Å². The van der Waals surface area contributed by atoms with Crippen LogP contribution in [0.3, 0.4) is 0 Å². The number of nitrogens with two attached hydrogens (primary N) is 2. The molecule has 15 nitrogen and oxygen atoms in total. The van der Waals surface area contributed by atoms with E-state index in [0.717, 1.165) is 0 Å². The number of nitrogens with zero attached hydrogens (tertiary/aromatic N) is 1. The molecule has 0 saturated heterocycles. The van der Waals surface area contributed by atoms with Crippen LogP contribution in [0, 0.1) is 0 Å². The van der Waals surface area contributed by atoms with Crippen molar-refractivity contribution in [3.63, 3.8) is 0 Å². The number of aliphatic carboxylic acids is 1. The molecule has 212 valence electrons. The number of nitrogens with one attached hydrogen (secondary N) is 5. The lowest BCUT2D eigenvalue weighted by molar-refractivity contribution is -0.140. The third-order valence-electron chi connectivity index (χ3n) is 5.63. The number of guanidine groups is 1. The van der Waals surface area contributed by atoms with Gasteiger partial charge in [-0.15, -0.1) is 0 Å². The molecule has 0 aromatic heterocycles. The Hall–Kier alpha value is -4.69. The molecule has 1 aliphatic rings. The minimum absolute atomic E-state index is 0.0209. The van der Waals surface area contributed by atoms with E-state index < -0.39 is 60.6 Å². The van der Waals surface area contributed by atoms with Gasteiger partial charge in [0.25, 0.3) is 5.91 Å². The molecule has 0 aliphatic carbocycles. The number of hydrogen-bond donors (Lipinski definition) is 8. The van der Waals surface area contributed by atoms with E-state index in [1.807, 2.05) is 0 Å². The standard InChI is InChI=1S/C24H34N8O7/c25-24(26)28-10-3-7-16-22(38)30-13-19(34)32-17(11-20(35)36)23(39)29-12-14-5-1-2-6-15(14)21(37)27-9-4-8-18(33)31-16/h1-2,5-6,16-17H,3-4,7-13H2,(H,27,37)(H,29,39)(H,30,38)(H,31,33)(H,32,34)(H,35,36)(H4,25,26,28)/t16?,17-/m1/s1. The molecule has 2 rings (SSSR count). The predicted octanol–water partition coefficient (Wildman–Crippen LogP) is -2.56. The Morgan fingerprint density at radius 2 is 1.59 bits per heavy atom. The largest absolute Gasteiger partial charge is 0.481 e. The Balaban J connectivity index is 2.22. The molecule has 10 N–H and O–H groups in total. The molecule has 0 saturated carbocycles. The number of aliphatic imine (C=N–C) groups is 1. The molecule has 0 radical (unpaired) electrons. The quantitative estimate of drug-likeness (QED) is 0.106. The topological polar surface area (TPSA) is 247 Å². The van der Waals surface area contributed by atoms with Crippen LogP contribution in [-0.2, 0) is 30.5 Å². The zero-order valence-electron chi connectivity index (χ0n) is 21.3. The number of carboxylic acid groups (broad SMARTS) is 1. The maximum Gasteiger partial charge on any atom is 0.305 e. The number of rotatable bonds is 6. The Bertz CT molecular complexity index is 1100. The first-order chi connectivity index (χ1) is 18.6. The lowest BCUT2D eigenvalue weighted by Gasteiger charge is -2.20. The van der Waals surface area contributed by atoms with E-state index in [4.69, 9.17) is 11.5 Å². The smallest absolute Gasteiger partial charge is 0.305 e. The van der Waals surface area contributed by atoms with E-state index >= 15 is 0 Å². The highest BCUT2D eigenvalue weighted by atomic mass is 16.4. The maximum atomic E-state index is 12.7. The molecule has 15 heteroatoms. The average molecular weight is 547 g/mol. The van der Waals surface area contributed by atoms with Crippen LogP contribution in [0.5, 0.6) is 0 Å². The molecule has 1 aromatic carbocycles. The molecule has 5 amide bonds. The molecular formula is C24H34N8O7. The molecule has 0 spiro atoms. The van der Waals surface area contributed by atoms with Crippen molar-refractivity contribution in [3.05, 3.63) is 35.4 Å². The van der Waals surface area contributed by atoms with Crippen molar-refractivity contribution in [2.24, 2.45) is 16.5 Å². The van der Waals surface area contributed by atoms with Crippen molar-refractivity contribution in [2.45, 2.75) is 50.7 Å². The van der Waals surface area contributed by atoms with Gasteiger partial charge < -0.3 is 43.2 Å². The summed E-state index contributed by atoms with van der Waals surface area (Å²) in [6, 6.07) is 4.05. The van der Waals surface area contributed by atoms with Crippen LogP contribution in [0.1, 0.15) is 48.0 Å². The summed E-state index contributed by atoms with van der Waals surface area (Å²) in [5.74, 6) is -4.57. The van der Waals surface area contributed by atoms with E-state index in [9.17, 15) is 33.9 Å². The van der Waals surface area contributed by atoms with Gasteiger partial charge in [-0.1, -0.05) is 18.2 Å². The highest BCUT2D eigenvalue weighted by Gasteiger charge is 2.26. The third-order valence-corrected chi connectivity index (χ3v) is 5.63. The van der Waals surface area contributed by atoms with Crippen LogP contribution in [0.15, 0.2) is 29.3 Å². The predicted molar refractivity (Wildman–Crippen MR) is 139 cm³/mol. The third kappa shape index (κ3) is 11.1. The number of hydrogen-bond acceptors (Lipinski definition) is 7. The van der Waals surface area contributed by atoms with Gasteiger partial charge in [0.05, 0.1) is 13.0 Å². The number of carbonyl (C=O) groups is 6. The summed E-state index contributed by atoms with van der Waals surface area (Å²) in [5, 5.41) is 21.7. The van der Waals surface area contributed by atoms with Crippen LogP contribution >= 0.6 is 0 Å². The van der Waals surface area contributed by atoms with E-state index in [1.54, 1.807) is 24.3 Å². The number of fused-ring (bicyclic) bond motifs is 1. The van der Waals surface area contributed by atoms with Crippen LogP contribution in [0.2, 0.25) is 0 Å². The maximum absolute atomic E-state index is 12.7. The summed E-state index contributed by atoms with van der Waals surface area (Å²) >= 11 is 0. The molecular weight excluding hydrogens is 512 g/mol. The number of amides is 5. The van der Waals surface area contributed by atoms with Crippen molar-refractivity contribution in [1.29, 1.82) is 0 Å². The Labute approximate surface area is 224 Å². The van der Waals surface area contributed by atoms with Crippen molar-refractivity contribution in [3.8, 4) is 0 Å². The summed E-state index contributed by atoms with van der Waals surface area (Å²) in [4.78, 5) is 78.3. The van der Waals surface area contributed by atoms with E-state index in [0.29, 0.717) is 12.0 Å². The van der Waals surface area contributed by atoms with Gasteiger partial charge in [0.2, 0.25) is 23.6 Å². The van der Waals surface area contributed by atoms with Gasteiger partial charge in [-0.05, 0) is 30.9 Å². The lowest BCUT2D eigenvalue weighted by Crippen LogP contribution is -2.52. The van der Waals surface area contributed by atoms with Gasteiger partial charge in [-0.25, -0.2) is 0 Å². The number of benzene rings is 1. The zero-order valence-corrected chi connectivity index (χ0v) is 21.3. The second-order valence-electron chi connectivity index (χ2n) is 8.74. The normalized spacial score (nSPS) is 19.8. The van der Waals surface area contributed by atoms with Crippen LogP contribution in [-0.4, -0.2) is 78.3 Å². The Kier molecular flexibility index (Phi) is 12.2. The van der Waals surface area contributed by atoms with Gasteiger partial charge in [0, 0.05) is 31.6 Å². The number of carbonyl (C=O) groups excluding carboxylic acids is 5. The highest BCUT2D eigenvalue weighted by molar-refractivity contribution is 5.96. The van der Waals surface area contributed by atoms with Crippen molar-refractivity contribution >= 4 is 41.5 Å².